The van der Waals surface area contributed by atoms with Gasteiger partial charge >= 0.3 is 5.97 Å². The molecule has 6 heteroatoms. The highest BCUT2D eigenvalue weighted by molar-refractivity contribution is 5.97. The lowest BCUT2D eigenvalue weighted by Crippen LogP contribution is -2.39. The summed E-state index contributed by atoms with van der Waals surface area (Å²) >= 11 is 0. The average Bonchev–Trinajstić information content (AvgIpc) is 3.00. The second kappa shape index (κ2) is 7.70. The fraction of sp³-hybridized carbons (Fsp3) is 0.250. The molecule has 1 aliphatic heterocycles. The highest BCUT2D eigenvalue weighted by atomic mass is 16.6. The molecule has 0 bridgehead atoms. The van der Waals surface area contributed by atoms with Gasteiger partial charge in [-0.3, -0.25) is 4.79 Å². The van der Waals surface area contributed by atoms with E-state index in [1.807, 2.05) is 37.3 Å². The van der Waals surface area contributed by atoms with Crippen molar-refractivity contribution in [2.75, 3.05) is 18.1 Å². The number of rotatable bonds is 5. The minimum absolute atomic E-state index is 0.0253. The minimum atomic E-state index is -0.661. The smallest absolute Gasteiger partial charge is 0.344 e. The van der Waals surface area contributed by atoms with Crippen LogP contribution in [0, 0.1) is 11.3 Å². The quantitative estimate of drug-likeness (QED) is 0.774. The number of anilines is 1. The lowest BCUT2D eigenvalue weighted by atomic mass is 10.1. The van der Waals surface area contributed by atoms with E-state index in [0.29, 0.717) is 11.3 Å². The Morgan fingerprint density at radius 3 is 2.69 bits per heavy atom. The highest BCUT2D eigenvalue weighted by Crippen LogP contribution is 2.31. The Bertz CT molecular complexity index is 872. The third-order valence-corrected chi connectivity index (χ3v) is 4.19. The topological polar surface area (TPSA) is 79.6 Å². The zero-order valence-corrected chi connectivity index (χ0v) is 14.3. The number of nitrogens with zero attached hydrogens (tertiary/aromatic N) is 2. The van der Waals surface area contributed by atoms with Crippen LogP contribution in [0.5, 0.6) is 5.75 Å². The third kappa shape index (κ3) is 3.67. The number of ether oxygens (including phenoxy) is 2. The van der Waals surface area contributed by atoms with E-state index in [0.717, 1.165) is 17.7 Å². The molecule has 0 N–H and O–H groups in total. The summed E-state index contributed by atoms with van der Waals surface area (Å²) in [6.45, 7) is 1.25. The first-order chi connectivity index (χ1) is 12.6. The number of esters is 1. The van der Waals surface area contributed by atoms with E-state index in [2.05, 4.69) is 0 Å². The number of nitriles is 1. The van der Waals surface area contributed by atoms with E-state index < -0.39 is 5.97 Å². The van der Waals surface area contributed by atoms with E-state index in [4.69, 9.17) is 14.7 Å². The molecule has 1 atom stereocenters. The molecule has 6 nitrogen and oxygen atoms in total. The molecule has 0 radical (unpaired) electrons. The number of hydrogen-bond donors (Lipinski definition) is 0. The molecule has 3 rings (SSSR count). The number of fused-ring (bicyclic) bond motifs is 1. The van der Waals surface area contributed by atoms with E-state index in [1.165, 1.54) is 0 Å². The molecule has 1 aliphatic rings. The SMILES string of the molecule is C[C@@H]1Cc2ccccc2N1C(=O)COC(=O)COc1ccccc1C#N. The van der Waals surface area contributed by atoms with Gasteiger partial charge in [0.15, 0.2) is 13.2 Å². The fourth-order valence-electron chi connectivity index (χ4n) is 3.02. The highest BCUT2D eigenvalue weighted by Gasteiger charge is 2.30. The van der Waals surface area contributed by atoms with Gasteiger partial charge in [-0.05, 0) is 37.1 Å². The fourth-order valence-corrected chi connectivity index (χ4v) is 3.02. The van der Waals surface area contributed by atoms with Gasteiger partial charge in [0.25, 0.3) is 5.91 Å². The third-order valence-electron chi connectivity index (χ3n) is 4.19. The van der Waals surface area contributed by atoms with Crippen LogP contribution in [-0.4, -0.2) is 31.1 Å². The van der Waals surface area contributed by atoms with Gasteiger partial charge in [0.2, 0.25) is 0 Å². The van der Waals surface area contributed by atoms with Crippen LogP contribution in [0.25, 0.3) is 0 Å². The molecule has 132 valence electrons. The second-order valence-corrected chi connectivity index (χ2v) is 6.00. The molecule has 2 aromatic rings. The molecular weight excluding hydrogens is 332 g/mol. The molecule has 0 aromatic heterocycles. The number of hydrogen-bond acceptors (Lipinski definition) is 5. The predicted molar refractivity (Wildman–Crippen MR) is 94.7 cm³/mol. The maximum Gasteiger partial charge on any atom is 0.344 e. The molecule has 0 saturated carbocycles. The first kappa shape index (κ1) is 17.5. The van der Waals surface area contributed by atoms with Gasteiger partial charge < -0.3 is 14.4 Å². The van der Waals surface area contributed by atoms with Gasteiger partial charge in [0, 0.05) is 11.7 Å². The van der Waals surface area contributed by atoms with Crippen molar-refractivity contribution in [1.82, 2.24) is 0 Å². The van der Waals surface area contributed by atoms with E-state index >= 15 is 0 Å². The van der Waals surface area contributed by atoms with Crippen molar-refractivity contribution in [3.05, 3.63) is 59.7 Å². The zero-order chi connectivity index (χ0) is 18.5. The Balaban J connectivity index is 1.53. The van der Waals surface area contributed by atoms with Gasteiger partial charge in [0.1, 0.15) is 11.8 Å². The molecule has 1 heterocycles. The molecule has 0 saturated heterocycles. The Kier molecular flexibility index (Phi) is 5.18. The summed E-state index contributed by atoms with van der Waals surface area (Å²) in [6, 6.07) is 16.3. The molecule has 0 unspecified atom stereocenters. The molecule has 1 amide bonds. The first-order valence-electron chi connectivity index (χ1n) is 8.27. The van der Waals surface area contributed by atoms with E-state index in [9.17, 15) is 9.59 Å². The summed E-state index contributed by atoms with van der Waals surface area (Å²) in [5, 5.41) is 8.99. The van der Waals surface area contributed by atoms with E-state index in [-0.39, 0.29) is 25.2 Å². The van der Waals surface area contributed by atoms with Crippen LogP contribution in [-0.2, 0) is 20.7 Å². The number of carbonyl (C=O) groups is 2. The van der Waals surface area contributed by atoms with Crippen LogP contribution in [0.3, 0.4) is 0 Å². The molecule has 0 fully saturated rings. The van der Waals surface area contributed by atoms with Crippen molar-refractivity contribution >= 4 is 17.6 Å². The second-order valence-electron chi connectivity index (χ2n) is 6.00. The number of para-hydroxylation sites is 2. The summed E-state index contributed by atoms with van der Waals surface area (Å²) < 4.78 is 10.3. The summed E-state index contributed by atoms with van der Waals surface area (Å²) in [5.41, 5.74) is 2.30. The monoisotopic (exact) mass is 350 g/mol. The van der Waals surface area contributed by atoms with E-state index in [1.54, 1.807) is 29.2 Å². The first-order valence-corrected chi connectivity index (χ1v) is 8.27. The Hall–Kier alpha value is -3.33. The van der Waals surface area contributed by atoms with Crippen LogP contribution in [0.2, 0.25) is 0 Å². The van der Waals surface area contributed by atoms with Gasteiger partial charge in [0.05, 0.1) is 5.56 Å². The van der Waals surface area contributed by atoms with Crippen molar-refractivity contribution in [2.45, 2.75) is 19.4 Å². The molecule has 0 aliphatic carbocycles. The van der Waals surface area contributed by atoms with Gasteiger partial charge in [-0.1, -0.05) is 30.3 Å². The van der Waals surface area contributed by atoms with Crippen molar-refractivity contribution in [2.24, 2.45) is 0 Å². The average molecular weight is 350 g/mol. The van der Waals surface area contributed by atoms with Crippen molar-refractivity contribution in [3.63, 3.8) is 0 Å². The Morgan fingerprint density at radius 1 is 1.15 bits per heavy atom. The number of benzene rings is 2. The largest absolute Gasteiger partial charge is 0.481 e. The predicted octanol–water partition coefficient (Wildman–Crippen LogP) is 2.46. The standard InChI is InChI=1S/C20H18N2O4/c1-14-10-15-6-2-4-8-17(15)22(14)19(23)12-26-20(24)13-25-18-9-5-3-7-16(18)11-21/h2-9,14H,10,12-13H2,1H3/t14-/m1/s1. The summed E-state index contributed by atoms with van der Waals surface area (Å²) in [6.07, 6.45) is 0.782. The number of carbonyl (C=O) groups excluding carboxylic acids is 2. The molecule has 0 spiro atoms. The maximum absolute atomic E-state index is 12.5. The summed E-state index contributed by atoms with van der Waals surface area (Å²) in [4.78, 5) is 26.0. The molecule has 26 heavy (non-hydrogen) atoms. The lowest BCUT2D eigenvalue weighted by Gasteiger charge is -2.22. The van der Waals surface area contributed by atoms with Gasteiger partial charge in [-0.25, -0.2) is 4.79 Å². The van der Waals surface area contributed by atoms with Crippen LogP contribution in [0.4, 0.5) is 5.69 Å². The normalized spacial score (nSPS) is 15.1. The van der Waals surface area contributed by atoms with Crippen LogP contribution < -0.4 is 9.64 Å². The summed E-state index contributed by atoms with van der Waals surface area (Å²) in [5.74, 6) is -0.625. The lowest BCUT2D eigenvalue weighted by molar-refractivity contribution is -0.149. The minimum Gasteiger partial charge on any atom is -0.481 e. The van der Waals surface area contributed by atoms with Crippen LogP contribution in [0.1, 0.15) is 18.1 Å². The zero-order valence-electron chi connectivity index (χ0n) is 14.3. The van der Waals surface area contributed by atoms with Crippen molar-refractivity contribution < 1.29 is 19.1 Å². The summed E-state index contributed by atoms with van der Waals surface area (Å²) in [7, 11) is 0. The van der Waals surface area contributed by atoms with Crippen LogP contribution >= 0.6 is 0 Å². The van der Waals surface area contributed by atoms with Crippen LogP contribution in [0.15, 0.2) is 48.5 Å². The van der Waals surface area contributed by atoms with Crippen molar-refractivity contribution in [1.29, 1.82) is 5.26 Å². The Morgan fingerprint density at radius 2 is 1.88 bits per heavy atom. The maximum atomic E-state index is 12.5. The Labute approximate surface area is 151 Å². The molecular formula is C20H18N2O4. The number of amides is 1. The van der Waals surface area contributed by atoms with Crippen molar-refractivity contribution in [3.8, 4) is 11.8 Å². The van der Waals surface area contributed by atoms with Gasteiger partial charge in [-0.15, -0.1) is 0 Å². The molecule has 2 aromatic carbocycles. The van der Waals surface area contributed by atoms with Gasteiger partial charge in [-0.2, -0.15) is 5.26 Å².